The molecule has 102 valence electrons. The van der Waals surface area contributed by atoms with Crippen LogP contribution >= 0.6 is 15.9 Å². The molecule has 0 aliphatic heterocycles. The standard InChI is InChI=1S/C13H18BrF2NO/c1-3-17-11(5-4-8-18-2)9-6-7-10(15)13(16)12(9)14/h6-7,11,17H,3-5,8H2,1-2H3. The van der Waals surface area contributed by atoms with Crippen LogP contribution in [0.3, 0.4) is 0 Å². The highest BCUT2D eigenvalue weighted by atomic mass is 79.9. The minimum absolute atomic E-state index is 0.00498. The largest absolute Gasteiger partial charge is 0.385 e. The van der Waals surface area contributed by atoms with E-state index in [0.717, 1.165) is 31.0 Å². The fourth-order valence-corrected chi connectivity index (χ4v) is 2.45. The summed E-state index contributed by atoms with van der Waals surface area (Å²) >= 11 is 3.12. The molecule has 1 atom stereocenters. The molecule has 0 amide bonds. The van der Waals surface area contributed by atoms with E-state index in [1.807, 2.05) is 6.92 Å². The second-order valence-corrected chi connectivity index (χ2v) is 4.80. The van der Waals surface area contributed by atoms with Crippen molar-refractivity contribution < 1.29 is 13.5 Å². The molecule has 1 aromatic rings. The molecule has 0 saturated heterocycles. The summed E-state index contributed by atoms with van der Waals surface area (Å²) in [5, 5.41) is 3.27. The van der Waals surface area contributed by atoms with Gasteiger partial charge in [-0.15, -0.1) is 0 Å². The molecule has 0 spiro atoms. The fourth-order valence-electron chi connectivity index (χ4n) is 1.86. The molecule has 1 N–H and O–H groups in total. The topological polar surface area (TPSA) is 21.3 Å². The van der Waals surface area contributed by atoms with Crippen LogP contribution in [0.25, 0.3) is 0 Å². The van der Waals surface area contributed by atoms with Gasteiger partial charge in [-0.1, -0.05) is 13.0 Å². The number of halogens is 3. The van der Waals surface area contributed by atoms with E-state index in [9.17, 15) is 8.78 Å². The predicted molar refractivity (Wildman–Crippen MR) is 71.6 cm³/mol. The highest BCUT2D eigenvalue weighted by Gasteiger charge is 2.18. The lowest BCUT2D eigenvalue weighted by molar-refractivity contribution is 0.189. The summed E-state index contributed by atoms with van der Waals surface area (Å²) in [7, 11) is 1.65. The molecular weight excluding hydrogens is 304 g/mol. The Bertz CT molecular complexity index is 387. The van der Waals surface area contributed by atoms with E-state index in [4.69, 9.17) is 4.74 Å². The van der Waals surface area contributed by atoms with E-state index < -0.39 is 11.6 Å². The first kappa shape index (κ1) is 15.5. The maximum absolute atomic E-state index is 13.5. The fraction of sp³-hybridized carbons (Fsp3) is 0.538. The summed E-state index contributed by atoms with van der Waals surface area (Å²) in [6.07, 6.45) is 1.67. The summed E-state index contributed by atoms with van der Waals surface area (Å²) < 4.78 is 31.8. The van der Waals surface area contributed by atoms with Gasteiger partial charge in [0.25, 0.3) is 0 Å². The van der Waals surface area contributed by atoms with E-state index in [1.165, 1.54) is 0 Å². The Kier molecular flexibility index (Phi) is 6.75. The average Bonchev–Trinajstić information content (AvgIpc) is 2.36. The number of hydrogen-bond donors (Lipinski definition) is 1. The van der Waals surface area contributed by atoms with Gasteiger partial charge in [0.2, 0.25) is 0 Å². The van der Waals surface area contributed by atoms with E-state index in [2.05, 4.69) is 21.2 Å². The Labute approximate surface area is 115 Å². The zero-order valence-corrected chi connectivity index (χ0v) is 12.2. The van der Waals surface area contributed by atoms with Crippen LogP contribution in [0.4, 0.5) is 8.78 Å². The van der Waals surface area contributed by atoms with Crippen molar-refractivity contribution in [3.63, 3.8) is 0 Å². The van der Waals surface area contributed by atoms with Gasteiger partial charge in [-0.25, -0.2) is 8.78 Å². The molecule has 0 aliphatic rings. The minimum atomic E-state index is -0.835. The molecule has 18 heavy (non-hydrogen) atoms. The van der Waals surface area contributed by atoms with Gasteiger partial charge in [0, 0.05) is 19.8 Å². The molecule has 0 aromatic heterocycles. The molecule has 0 fully saturated rings. The molecule has 1 unspecified atom stereocenters. The summed E-state index contributed by atoms with van der Waals surface area (Å²) in [5.74, 6) is -1.67. The first-order valence-electron chi connectivity index (χ1n) is 5.97. The van der Waals surface area contributed by atoms with Crippen molar-refractivity contribution in [1.29, 1.82) is 0 Å². The number of rotatable bonds is 7. The Hall–Kier alpha value is -0.520. The lowest BCUT2D eigenvalue weighted by Crippen LogP contribution is -2.22. The highest BCUT2D eigenvalue weighted by molar-refractivity contribution is 9.10. The Morgan fingerprint density at radius 3 is 2.72 bits per heavy atom. The second kappa shape index (κ2) is 7.81. The smallest absolute Gasteiger partial charge is 0.173 e. The van der Waals surface area contributed by atoms with Crippen LogP contribution in [-0.4, -0.2) is 20.3 Å². The number of hydrogen-bond acceptors (Lipinski definition) is 2. The molecule has 5 heteroatoms. The molecule has 1 aromatic carbocycles. The summed E-state index contributed by atoms with van der Waals surface area (Å²) in [6.45, 7) is 3.41. The minimum Gasteiger partial charge on any atom is -0.385 e. The molecule has 0 saturated carbocycles. The summed E-state index contributed by atoms with van der Waals surface area (Å²) in [6, 6.07) is 2.77. The number of benzene rings is 1. The molecule has 0 bridgehead atoms. The third kappa shape index (κ3) is 4.00. The average molecular weight is 322 g/mol. The lowest BCUT2D eigenvalue weighted by Gasteiger charge is -2.20. The van der Waals surface area contributed by atoms with E-state index in [1.54, 1.807) is 13.2 Å². The maximum atomic E-state index is 13.5. The van der Waals surface area contributed by atoms with E-state index >= 15 is 0 Å². The van der Waals surface area contributed by atoms with Crippen LogP contribution in [0.15, 0.2) is 16.6 Å². The van der Waals surface area contributed by atoms with E-state index in [0.29, 0.717) is 6.61 Å². The SMILES string of the molecule is CCNC(CCCOC)c1ccc(F)c(F)c1Br. The maximum Gasteiger partial charge on any atom is 0.173 e. The molecule has 1 rings (SSSR count). The van der Waals surface area contributed by atoms with E-state index in [-0.39, 0.29) is 10.5 Å². The zero-order chi connectivity index (χ0) is 13.5. The highest BCUT2D eigenvalue weighted by Crippen LogP contribution is 2.30. The van der Waals surface area contributed by atoms with Crippen LogP contribution < -0.4 is 5.32 Å². The first-order valence-corrected chi connectivity index (χ1v) is 6.76. The number of nitrogens with one attached hydrogen (secondary N) is 1. The van der Waals surface area contributed by atoms with Crippen molar-refractivity contribution in [3.8, 4) is 0 Å². The Balaban J connectivity index is 2.87. The zero-order valence-electron chi connectivity index (χ0n) is 10.6. The van der Waals surface area contributed by atoms with Gasteiger partial charge in [-0.05, 0) is 46.9 Å². The van der Waals surface area contributed by atoms with Crippen molar-refractivity contribution in [2.24, 2.45) is 0 Å². The van der Waals surface area contributed by atoms with Crippen LogP contribution in [0.5, 0.6) is 0 Å². The van der Waals surface area contributed by atoms with Crippen molar-refractivity contribution in [2.75, 3.05) is 20.3 Å². The van der Waals surface area contributed by atoms with Crippen molar-refractivity contribution in [1.82, 2.24) is 5.32 Å². The normalized spacial score (nSPS) is 12.7. The summed E-state index contributed by atoms with van der Waals surface area (Å²) in [5.41, 5.74) is 0.742. The predicted octanol–water partition coefficient (Wildman–Crippen LogP) is 3.80. The molecule has 2 nitrogen and oxygen atoms in total. The quantitative estimate of drug-likeness (QED) is 0.609. The summed E-state index contributed by atoms with van der Waals surface area (Å²) in [4.78, 5) is 0. The Morgan fingerprint density at radius 1 is 1.39 bits per heavy atom. The molecule has 0 aliphatic carbocycles. The van der Waals surface area contributed by atoms with Gasteiger partial charge in [-0.3, -0.25) is 0 Å². The second-order valence-electron chi connectivity index (χ2n) is 4.01. The van der Waals surface area contributed by atoms with Crippen LogP contribution in [0.1, 0.15) is 31.4 Å². The van der Waals surface area contributed by atoms with Crippen LogP contribution in [0, 0.1) is 11.6 Å². The van der Waals surface area contributed by atoms with Crippen LogP contribution in [-0.2, 0) is 4.74 Å². The van der Waals surface area contributed by atoms with Gasteiger partial charge < -0.3 is 10.1 Å². The third-order valence-electron chi connectivity index (χ3n) is 2.73. The Morgan fingerprint density at radius 2 is 2.11 bits per heavy atom. The van der Waals surface area contributed by atoms with Gasteiger partial charge in [0.15, 0.2) is 11.6 Å². The number of ether oxygens (including phenoxy) is 1. The van der Waals surface area contributed by atoms with Crippen LogP contribution in [0.2, 0.25) is 0 Å². The van der Waals surface area contributed by atoms with Gasteiger partial charge in [-0.2, -0.15) is 0 Å². The number of methoxy groups -OCH3 is 1. The molecule has 0 heterocycles. The molecule has 0 radical (unpaired) electrons. The van der Waals surface area contributed by atoms with Crippen molar-refractivity contribution in [3.05, 3.63) is 33.8 Å². The van der Waals surface area contributed by atoms with Gasteiger partial charge in [0.05, 0.1) is 4.47 Å². The molecular formula is C13H18BrF2NO. The lowest BCUT2D eigenvalue weighted by atomic mass is 10.0. The van der Waals surface area contributed by atoms with Crippen molar-refractivity contribution >= 4 is 15.9 Å². The monoisotopic (exact) mass is 321 g/mol. The van der Waals surface area contributed by atoms with Gasteiger partial charge >= 0.3 is 0 Å². The van der Waals surface area contributed by atoms with Gasteiger partial charge in [0.1, 0.15) is 0 Å². The first-order chi connectivity index (χ1) is 8.61. The third-order valence-corrected chi connectivity index (χ3v) is 3.54. The van der Waals surface area contributed by atoms with Crippen molar-refractivity contribution in [2.45, 2.75) is 25.8 Å².